The summed E-state index contributed by atoms with van der Waals surface area (Å²) in [7, 11) is 4.00. The third-order valence-corrected chi connectivity index (χ3v) is 7.52. The van der Waals surface area contributed by atoms with E-state index in [1.54, 1.807) is 0 Å². The number of hydrogen-bond acceptors (Lipinski definition) is 0. The van der Waals surface area contributed by atoms with Crippen LogP contribution in [0.4, 0.5) is 0 Å². The zero-order chi connectivity index (χ0) is 26.6. The van der Waals surface area contributed by atoms with Crippen LogP contribution >= 0.6 is 0 Å². The average Bonchev–Trinajstić information content (AvgIpc) is 2.88. The van der Waals surface area contributed by atoms with Crippen LogP contribution in [-0.2, 0) is 0 Å². The number of quaternary nitrogens is 2. The number of nitrogens with two attached hydrogens (primary N) is 2. The van der Waals surface area contributed by atoms with Gasteiger partial charge in [-0.25, -0.2) is 0 Å². The van der Waals surface area contributed by atoms with Crippen LogP contribution in [0, 0.1) is 0 Å². The smallest absolute Gasteiger partial charge is 0.0755 e. The average molecular weight is 584 g/mol. The summed E-state index contributed by atoms with van der Waals surface area (Å²) < 4.78 is 0. The Hall–Kier alpha value is 0.500. The van der Waals surface area contributed by atoms with E-state index in [1.165, 1.54) is 193 Å². The molecule has 2 nitrogen and oxygen atoms in total. The van der Waals surface area contributed by atoms with Gasteiger partial charge in [0.2, 0.25) is 0 Å². The lowest BCUT2D eigenvalue weighted by Gasteiger charge is -2.04. The van der Waals surface area contributed by atoms with Gasteiger partial charge in [0, 0.05) is 0 Å². The second-order valence-electron chi connectivity index (χ2n) is 11.6. The van der Waals surface area contributed by atoms with E-state index in [-0.39, 0.29) is 24.8 Å². The highest BCUT2D eigenvalue weighted by Crippen LogP contribution is 2.14. The molecule has 0 aliphatic carbocycles. The highest BCUT2D eigenvalue weighted by molar-refractivity contribution is 4.50. The molecule has 0 saturated heterocycles. The minimum absolute atomic E-state index is 0. The van der Waals surface area contributed by atoms with Crippen LogP contribution in [0.1, 0.15) is 194 Å². The van der Waals surface area contributed by atoms with Crippen molar-refractivity contribution in [2.75, 3.05) is 27.2 Å². The van der Waals surface area contributed by atoms with E-state index < -0.39 is 0 Å². The third kappa shape index (κ3) is 49.4. The van der Waals surface area contributed by atoms with Crippen molar-refractivity contribution in [2.24, 2.45) is 0 Å². The van der Waals surface area contributed by atoms with Crippen molar-refractivity contribution in [2.45, 2.75) is 194 Å². The number of hydrogen-bond donors (Lipinski definition) is 2. The number of unbranched alkanes of at least 4 members (excludes halogenated alkanes) is 26. The molecule has 0 rings (SSSR count). The van der Waals surface area contributed by atoms with Crippen LogP contribution in [0.5, 0.6) is 0 Å². The molecule has 4 N–H and O–H groups in total. The van der Waals surface area contributed by atoms with Gasteiger partial charge in [0.1, 0.15) is 0 Å². The summed E-state index contributed by atoms with van der Waals surface area (Å²) in [6, 6.07) is 0. The van der Waals surface area contributed by atoms with Gasteiger partial charge >= 0.3 is 0 Å². The van der Waals surface area contributed by atoms with Gasteiger partial charge in [-0.2, -0.15) is 0 Å². The first-order valence-corrected chi connectivity index (χ1v) is 17.4. The van der Waals surface area contributed by atoms with Gasteiger partial charge in [-0.1, -0.05) is 168 Å². The van der Waals surface area contributed by atoms with Crippen LogP contribution in [0.2, 0.25) is 0 Å². The first-order valence-electron chi connectivity index (χ1n) is 17.4. The number of halogens is 2. The normalized spacial score (nSPS) is 10.4. The molecule has 236 valence electrons. The highest BCUT2D eigenvalue weighted by atomic mass is 35.5. The minimum atomic E-state index is 0. The lowest BCUT2D eigenvalue weighted by molar-refractivity contribution is -0.655. The molecule has 0 bridgehead atoms. The van der Waals surface area contributed by atoms with Crippen molar-refractivity contribution in [3.63, 3.8) is 0 Å². The van der Waals surface area contributed by atoms with Gasteiger partial charge in [0.15, 0.2) is 0 Å². The van der Waals surface area contributed by atoms with E-state index in [2.05, 4.69) is 19.2 Å². The Labute approximate surface area is 255 Å². The Morgan fingerprint density at radius 3 is 0.632 bits per heavy atom. The molecule has 4 heteroatoms. The maximum absolute atomic E-state index is 2.58. The van der Waals surface area contributed by atoms with Gasteiger partial charge in [-0.15, -0.1) is 0 Å². The lowest BCUT2D eigenvalue weighted by Crippen LogP contribution is -3.00. The van der Waals surface area contributed by atoms with Gasteiger partial charge < -0.3 is 35.4 Å². The molecule has 0 aliphatic heterocycles. The van der Waals surface area contributed by atoms with Gasteiger partial charge in [0.25, 0.3) is 0 Å². The third-order valence-electron chi connectivity index (χ3n) is 7.52. The van der Waals surface area contributed by atoms with Crippen molar-refractivity contribution < 1.29 is 35.4 Å². The Morgan fingerprint density at radius 2 is 0.447 bits per heavy atom. The molecule has 0 spiro atoms. The highest BCUT2D eigenvalue weighted by Gasteiger charge is 1.97. The fourth-order valence-corrected chi connectivity index (χ4v) is 5.11. The quantitative estimate of drug-likeness (QED) is 0.122. The van der Waals surface area contributed by atoms with E-state index >= 15 is 0 Å². The van der Waals surface area contributed by atoms with Crippen molar-refractivity contribution in [1.29, 1.82) is 0 Å². The van der Waals surface area contributed by atoms with Crippen molar-refractivity contribution in [3.8, 4) is 0 Å². The van der Waals surface area contributed by atoms with Crippen LogP contribution < -0.4 is 35.4 Å². The van der Waals surface area contributed by atoms with Gasteiger partial charge in [0.05, 0.1) is 27.2 Å². The second-order valence-corrected chi connectivity index (χ2v) is 11.6. The maximum atomic E-state index is 2.58. The van der Waals surface area contributed by atoms with E-state index in [4.69, 9.17) is 0 Å². The Balaban J connectivity index is -0.00000110. The van der Waals surface area contributed by atoms with Gasteiger partial charge in [-0.3, -0.25) is 0 Å². The van der Waals surface area contributed by atoms with Crippen LogP contribution in [0.25, 0.3) is 0 Å². The topological polar surface area (TPSA) is 33.2 Å². The molecule has 0 heterocycles. The standard InChI is InChI=1S/C32H67N.C2H7N.2ClH/c1-3-5-7-9-11-13-15-17-19-21-23-25-27-29-31-33-32-30-28-26-24-22-20-18-16-14-12-10-8-6-4-2;1-3-2;;/h33H,3-32H2,1-2H3;3H,1-2H3;2*1H. The molecule has 0 radical (unpaired) electrons. The molecule has 0 aromatic heterocycles. The number of rotatable bonds is 30. The molecule has 38 heavy (non-hydrogen) atoms. The summed E-state index contributed by atoms with van der Waals surface area (Å²) in [5, 5.41) is 4.58. The van der Waals surface area contributed by atoms with Crippen molar-refractivity contribution >= 4 is 0 Å². The summed E-state index contributed by atoms with van der Waals surface area (Å²) in [5.41, 5.74) is 0. The predicted octanol–water partition coefficient (Wildman–Crippen LogP) is 3.33. The predicted molar refractivity (Wildman–Crippen MR) is 166 cm³/mol. The van der Waals surface area contributed by atoms with Crippen LogP contribution in [0.15, 0.2) is 0 Å². The zero-order valence-electron chi connectivity index (χ0n) is 27.1. The van der Waals surface area contributed by atoms with Gasteiger partial charge in [-0.05, 0) is 25.7 Å². The SMILES string of the molecule is CCCCCCCCCCCCCCCC[NH2+]CCCCCCCCCCCCCCCC.C[NH2+]C.[Cl-].[Cl-]. The van der Waals surface area contributed by atoms with Crippen molar-refractivity contribution in [3.05, 3.63) is 0 Å². The molecule has 0 unspecified atom stereocenters. The molecule has 0 aromatic rings. The molecular weight excluding hydrogens is 507 g/mol. The molecule has 0 saturated carbocycles. The first-order chi connectivity index (χ1) is 17.8. The monoisotopic (exact) mass is 583 g/mol. The largest absolute Gasteiger partial charge is 1.00 e. The summed E-state index contributed by atoms with van der Waals surface area (Å²) in [4.78, 5) is 0. The molecule has 0 aromatic carbocycles. The fraction of sp³-hybridized carbons (Fsp3) is 1.00. The van der Waals surface area contributed by atoms with E-state index in [0.717, 1.165) is 0 Å². The molecule has 0 fully saturated rings. The van der Waals surface area contributed by atoms with E-state index in [9.17, 15) is 0 Å². The van der Waals surface area contributed by atoms with Crippen LogP contribution in [0.3, 0.4) is 0 Å². The van der Waals surface area contributed by atoms with Crippen LogP contribution in [-0.4, -0.2) is 27.2 Å². The summed E-state index contributed by atoms with van der Waals surface area (Å²) in [6.45, 7) is 7.35. The molecule has 0 amide bonds. The minimum Gasteiger partial charge on any atom is -1.00 e. The Bertz CT molecular complexity index is 312. The van der Waals surface area contributed by atoms with E-state index in [0.29, 0.717) is 0 Å². The molecule has 0 aliphatic rings. The Kier molecular flexibility index (Phi) is 56.6. The molecule has 0 atom stereocenters. The Morgan fingerprint density at radius 1 is 0.289 bits per heavy atom. The summed E-state index contributed by atoms with van der Waals surface area (Å²) in [5.74, 6) is 0. The maximum Gasteiger partial charge on any atom is 0.0755 e. The van der Waals surface area contributed by atoms with Crippen molar-refractivity contribution in [1.82, 2.24) is 0 Å². The zero-order valence-corrected chi connectivity index (χ0v) is 28.6. The van der Waals surface area contributed by atoms with E-state index in [1.807, 2.05) is 19.4 Å². The first kappa shape index (κ1) is 45.5. The second kappa shape index (κ2) is 47.3. The molecular formula is C34H76Cl2N2. The summed E-state index contributed by atoms with van der Waals surface area (Å²) in [6.07, 6.45) is 41.1. The fourth-order valence-electron chi connectivity index (χ4n) is 5.11. The summed E-state index contributed by atoms with van der Waals surface area (Å²) >= 11 is 0. The lowest BCUT2D eigenvalue weighted by atomic mass is 10.0.